The molecule has 2 aromatic carbocycles. The molecule has 0 radical (unpaired) electrons. The fraction of sp³-hybridized carbons (Fsp3) is 0.600. The minimum absolute atomic E-state index is 0.0187. The molecule has 43 heavy (non-hydrogen) atoms. The van der Waals surface area contributed by atoms with Crippen molar-refractivity contribution in [3.05, 3.63) is 59.7 Å². The first-order valence-corrected chi connectivity index (χ1v) is 16.4. The molecule has 3 N–H and O–H groups in total. The quantitative estimate of drug-likeness (QED) is 0.220. The van der Waals surface area contributed by atoms with Crippen molar-refractivity contribution in [3.8, 4) is 0 Å². The summed E-state index contributed by atoms with van der Waals surface area (Å²) in [5, 5.41) is 10.4. The number of hydrogen-bond donors (Lipinski definition) is 3. The van der Waals surface area contributed by atoms with Crippen LogP contribution in [0.2, 0.25) is 0 Å². The fourth-order valence-corrected chi connectivity index (χ4v) is 5.82. The first kappa shape index (κ1) is 32.6. The summed E-state index contributed by atoms with van der Waals surface area (Å²) >= 11 is 0. The van der Waals surface area contributed by atoms with Crippen LogP contribution in [-0.4, -0.2) is 72.7 Å². The first-order valence-electron chi connectivity index (χ1n) is 16.4. The summed E-state index contributed by atoms with van der Waals surface area (Å²) in [4.78, 5) is 29.5. The van der Waals surface area contributed by atoms with E-state index in [-0.39, 0.29) is 12.0 Å². The molecule has 0 spiro atoms. The standard InChI is InChI=1S/C35H53N5O3/c1-35(2,3)43-34(42)40-24-22-39(23-25-40)21-13-5-4-12-20-36-33(41)29-18-19-31(38-30-16-10-7-11-17-30)32(26-29)37-27-28-14-8-6-9-15-28/h6,8-9,14-15,18-19,26,30,37-38H,4-5,7,10-13,16-17,20-25,27H2,1-3H3,(H,36,41). The van der Waals surface area contributed by atoms with Gasteiger partial charge in [-0.15, -0.1) is 0 Å². The second-order valence-electron chi connectivity index (χ2n) is 13.1. The van der Waals surface area contributed by atoms with E-state index in [0.717, 1.165) is 69.8 Å². The van der Waals surface area contributed by atoms with E-state index in [4.69, 9.17) is 4.74 Å². The molecule has 2 aromatic rings. The van der Waals surface area contributed by atoms with Crippen molar-refractivity contribution in [2.45, 2.75) is 96.7 Å². The molecule has 2 fully saturated rings. The number of nitrogens with one attached hydrogen (secondary N) is 3. The van der Waals surface area contributed by atoms with Crippen molar-refractivity contribution in [2.75, 3.05) is 49.9 Å². The van der Waals surface area contributed by atoms with E-state index in [2.05, 4.69) is 51.2 Å². The van der Waals surface area contributed by atoms with Crippen LogP contribution >= 0.6 is 0 Å². The molecule has 8 nitrogen and oxygen atoms in total. The highest BCUT2D eigenvalue weighted by Gasteiger charge is 2.25. The average Bonchev–Trinajstić information content (AvgIpc) is 3.00. The molecule has 1 saturated heterocycles. The van der Waals surface area contributed by atoms with E-state index in [1.807, 2.05) is 43.9 Å². The van der Waals surface area contributed by atoms with Crippen molar-refractivity contribution < 1.29 is 14.3 Å². The molecule has 0 aromatic heterocycles. The van der Waals surface area contributed by atoms with Crippen molar-refractivity contribution in [3.63, 3.8) is 0 Å². The van der Waals surface area contributed by atoms with Crippen LogP contribution in [-0.2, 0) is 11.3 Å². The summed E-state index contributed by atoms with van der Waals surface area (Å²) in [6, 6.07) is 16.9. The number of unbranched alkanes of at least 4 members (excludes halogenated alkanes) is 3. The van der Waals surface area contributed by atoms with Gasteiger partial charge in [0.25, 0.3) is 5.91 Å². The van der Waals surface area contributed by atoms with E-state index in [0.29, 0.717) is 24.7 Å². The molecule has 8 heteroatoms. The number of carbonyl (C=O) groups is 2. The van der Waals surface area contributed by atoms with Gasteiger partial charge in [-0.2, -0.15) is 0 Å². The summed E-state index contributed by atoms with van der Waals surface area (Å²) in [5.41, 5.74) is 3.51. The predicted octanol–water partition coefficient (Wildman–Crippen LogP) is 6.89. The van der Waals surface area contributed by atoms with Gasteiger partial charge in [-0.1, -0.05) is 62.4 Å². The predicted molar refractivity (Wildman–Crippen MR) is 176 cm³/mol. The van der Waals surface area contributed by atoms with Crippen molar-refractivity contribution >= 4 is 23.4 Å². The molecular formula is C35H53N5O3. The van der Waals surface area contributed by atoms with Gasteiger partial charge in [-0.25, -0.2) is 4.79 Å². The van der Waals surface area contributed by atoms with Crippen LogP contribution in [0, 0.1) is 0 Å². The van der Waals surface area contributed by atoms with Crippen LogP contribution in [0.25, 0.3) is 0 Å². The highest BCUT2D eigenvalue weighted by Crippen LogP contribution is 2.28. The topological polar surface area (TPSA) is 85.9 Å². The third kappa shape index (κ3) is 11.4. The zero-order chi connectivity index (χ0) is 30.5. The lowest BCUT2D eigenvalue weighted by Crippen LogP contribution is -2.50. The van der Waals surface area contributed by atoms with Gasteiger partial charge < -0.3 is 25.6 Å². The van der Waals surface area contributed by atoms with E-state index >= 15 is 0 Å². The number of hydrogen-bond acceptors (Lipinski definition) is 6. The normalized spacial score (nSPS) is 16.5. The van der Waals surface area contributed by atoms with Crippen LogP contribution in [0.4, 0.5) is 16.2 Å². The Bertz CT molecular complexity index is 1140. The molecule has 0 atom stereocenters. The van der Waals surface area contributed by atoms with Gasteiger partial charge in [0.15, 0.2) is 0 Å². The number of ether oxygens (including phenoxy) is 1. The Morgan fingerprint density at radius 2 is 1.58 bits per heavy atom. The zero-order valence-electron chi connectivity index (χ0n) is 26.6. The Morgan fingerprint density at radius 1 is 0.860 bits per heavy atom. The fourth-order valence-electron chi connectivity index (χ4n) is 5.82. The monoisotopic (exact) mass is 591 g/mol. The lowest BCUT2D eigenvalue weighted by Gasteiger charge is -2.35. The van der Waals surface area contributed by atoms with Gasteiger partial charge in [0.2, 0.25) is 0 Å². The highest BCUT2D eigenvalue weighted by molar-refractivity contribution is 5.96. The maximum absolute atomic E-state index is 13.0. The average molecular weight is 592 g/mol. The zero-order valence-corrected chi connectivity index (χ0v) is 26.6. The largest absolute Gasteiger partial charge is 0.444 e. The van der Waals surface area contributed by atoms with Crippen LogP contribution in [0.5, 0.6) is 0 Å². The van der Waals surface area contributed by atoms with Crippen LogP contribution in [0.1, 0.15) is 94.5 Å². The van der Waals surface area contributed by atoms with Crippen LogP contribution in [0.3, 0.4) is 0 Å². The van der Waals surface area contributed by atoms with Gasteiger partial charge in [-0.3, -0.25) is 9.69 Å². The Kier molecular flexibility index (Phi) is 12.6. The minimum atomic E-state index is -0.452. The number of amides is 2. The molecule has 1 saturated carbocycles. The lowest BCUT2D eigenvalue weighted by atomic mass is 9.95. The van der Waals surface area contributed by atoms with Crippen molar-refractivity contribution in [2.24, 2.45) is 0 Å². The second kappa shape index (κ2) is 16.6. The molecule has 0 bridgehead atoms. The van der Waals surface area contributed by atoms with Crippen LogP contribution < -0.4 is 16.0 Å². The van der Waals surface area contributed by atoms with Gasteiger partial charge in [-0.05, 0) is 76.8 Å². The third-order valence-electron chi connectivity index (χ3n) is 8.28. The minimum Gasteiger partial charge on any atom is -0.444 e. The SMILES string of the molecule is CC(C)(C)OC(=O)N1CCN(CCCCCCNC(=O)c2ccc(NC3CCCCC3)c(NCc3ccccc3)c2)CC1. The van der Waals surface area contributed by atoms with Gasteiger partial charge in [0.1, 0.15) is 5.60 Å². The Hall–Kier alpha value is -3.26. The number of piperazine rings is 1. The number of nitrogens with zero attached hydrogens (tertiary/aromatic N) is 2. The highest BCUT2D eigenvalue weighted by atomic mass is 16.6. The molecule has 1 heterocycles. The van der Waals surface area contributed by atoms with Crippen molar-refractivity contribution in [1.82, 2.24) is 15.1 Å². The molecule has 2 amide bonds. The number of rotatable bonds is 13. The molecule has 4 rings (SSSR count). The number of benzene rings is 2. The van der Waals surface area contributed by atoms with Crippen LogP contribution in [0.15, 0.2) is 48.5 Å². The van der Waals surface area contributed by atoms with Gasteiger partial charge >= 0.3 is 6.09 Å². The lowest BCUT2D eigenvalue weighted by molar-refractivity contribution is 0.0144. The maximum atomic E-state index is 13.0. The first-order chi connectivity index (χ1) is 20.8. The van der Waals surface area contributed by atoms with Gasteiger partial charge in [0, 0.05) is 50.9 Å². The molecule has 0 unspecified atom stereocenters. The summed E-state index contributed by atoms with van der Waals surface area (Å²) in [6.45, 7) is 11.4. The summed E-state index contributed by atoms with van der Waals surface area (Å²) in [7, 11) is 0. The molecule has 2 aliphatic rings. The smallest absolute Gasteiger partial charge is 0.410 e. The summed E-state index contributed by atoms with van der Waals surface area (Å²) in [6.07, 6.45) is 10.4. The van der Waals surface area contributed by atoms with Gasteiger partial charge in [0.05, 0.1) is 11.4 Å². The molecular weight excluding hydrogens is 538 g/mol. The Labute approximate surface area is 258 Å². The number of carbonyl (C=O) groups excluding carboxylic acids is 2. The Morgan fingerprint density at radius 3 is 2.30 bits per heavy atom. The van der Waals surface area contributed by atoms with E-state index in [9.17, 15) is 9.59 Å². The molecule has 1 aliphatic carbocycles. The molecule has 236 valence electrons. The third-order valence-corrected chi connectivity index (χ3v) is 8.28. The van der Waals surface area contributed by atoms with Crippen molar-refractivity contribution in [1.29, 1.82) is 0 Å². The number of anilines is 2. The summed E-state index contributed by atoms with van der Waals surface area (Å²) in [5.74, 6) is -0.0187. The van der Waals surface area contributed by atoms with E-state index in [1.54, 1.807) is 0 Å². The van der Waals surface area contributed by atoms with E-state index < -0.39 is 5.60 Å². The maximum Gasteiger partial charge on any atom is 0.410 e. The Balaban J connectivity index is 1.16. The summed E-state index contributed by atoms with van der Waals surface area (Å²) < 4.78 is 5.49. The van der Waals surface area contributed by atoms with E-state index in [1.165, 1.54) is 37.7 Å². The second-order valence-corrected chi connectivity index (χ2v) is 13.1. The molecule has 1 aliphatic heterocycles.